The van der Waals surface area contributed by atoms with Crippen molar-refractivity contribution in [1.82, 2.24) is 0 Å². The SMILES string of the molecule is CCC/C=C(\N)C(C)(C)C. The molecule has 0 spiro atoms. The van der Waals surface area contributed by atoms with Crippen molar-refractivity contribution in [1.29, 1.82) is 0 Å². The average Bonchev–Trinajstić information content (AvgIpc) is 1.80. The van der Waals surface area contributed by atoms with Gasteiger partial charge in [0.1, 0.15) is 0 Å². The molecule has 0 radical (unpaired) electrons. The molecule has 0 aromatic carbocycles. The van der Waals surface area contributed by atoms with Gasteiger partial charge in [-0.05, 0) is 6.42 Å². The highest BCUT2D eigenvalue weighted by Gasteiger charge is 2.12. The van der Waals surface area contributed by atoms with E-state index >= 15 is 0 Å². The second kappa shape index (κ2) is 3.65. The first-order valence-corrected chi connectivity index (χ1v) is 3.94. The smallest absolute Gasteiger partial charge is 0.00945 e. The van der Waals surface area contributed by atoms with Gasteiger partial charge in [0.25, 0.3) is 0 Å². The van der Waals surface area contributed by atoms with Gasteiger partial charge in [-0.15, -0.1) is 0 Å². The van der Waals surface area contributed by atoms with Crippen molar-refractivity contribution in [3.63, 3.8) is 0 Å². The van der Waals surface area contributed by atoms with Gasteiger partial charge < -0.3 is 5.73 Å². The van der Waals surface area contributed by atoms with E-state index in [0.29, 0.717) is 0 Å². The van der Waals surface area contributed by atoms with Gasteiger partial charge in [-0.1, -0.05) is 40.2 Å². The summed E-state index contributed by atoms with van der Waals surface area (Å²) in [6.07, 6.45) is 4.40. The topological polar surface area (TPSA) is 26.0 Å². The lowest BCUT2D eigenvalue weighted by Gasteiger charge is -2.18. The maximum absolute atomic E-state index is 5.80. The van der Waals surface area contributed by atoms with Crippen LogP contribution in [0, 0.1) is 5.41 Å². The molecule has 0 aliphatic rings. The first-order chi connectivity index (χ1) is 4.48. The molecule has 1 heteroatoms. The molecule has 0 bridgehead atoms. The fraction of sp³-hybridized carbons (Fsp3) is 0.778. The Bertz CT molecular complexity index is 117. The van der Waals surface area contributed by atoms with Gasteiger partial charge in [0.2, 0.25) is 0 Å². The number of nitrogens with two attached hydrogens (primary N) is 1. The summed E-state index contributed by atoms with van der Waals surface area (Å²) in [6, 6.07) is 0. The third-order valence-electron chi connectivity index (χ3n) is 1.52. The Hall–Kier alpha value is -0.460. The summed E-state index contributed by atoms with van der Waals surface area (Å²) in [7, 11) is 0. The molecule has 0 saturated heterocycles. The van der Waals surface area contributed by atoms with Gasteiger partial charge >= 0.3 is 0 Å². The molecule has 0 rings (SSSR count). The van der Waals surface area contributed by atoms with Crippen LogP contribution in [0.2, 0.25) is 0 Å². The standard InChI is InChI=1S/C9H19N/c1-5-6-7-8(10)9(2,3)4/h7H,5-6,10H2,1-4H3/b8-7-. The summed E-state index contributed by atoms with van der Waals surface area (Å²) in [5, 5.41) is 0. The molecule has 0 amide bonds. The van der Waals surface area contributed by atoms with Crippen LogP contribution in [-0.2, 0) is 0 Å². The Labute approximate surface area is 64.3 Å². The summed E-state index contributed by atoms with van der Waals surface area (Å²) < 4.78 is 0. The van der Waals surface area contributed by atoms with Crippen molar-refractivity contribution in [2.45, 2.75) is 40.5 Å². The summed E-state index contributed by atoms with van der Waals surface area (Å²) in [6.45, 7) is 8.56. The Morgan fingerprint density at radius 2 is 1.90 bits per heavy atom. The lowest BCUT2D eigenvalue weighted by Crippen LogP contribution is -2.16. The Balaban J connectivity index is 3.93. The van der Waals surface area contributed by atoms with Crippen LogP contribution >= 0.6 is 0 Å². The van der Waals surface area contributed by atoms with E-state index in [1.54, 1.807) is 0 Å². The number of unbranched alkanes of at least 4 members (excludes halogenated alkanes) is 1. The van der Waals surface area contributed by atoms with Crippen molar-refractivity contribution in [2.24, 2.45) is 11.1 Å². The minimum Gasteiger partial charge on any atom is -0.402 e. The van der Waals surface area contributed by atoms with Gasteiger partial charge in [0.15, 0.2) is 0 Å². The van der Waals surface area contributed by atoms with Gasteiger partial charge in [-0.3, -0.25) is 0 Å². The molecule has 1 nitrogen and oxygen atoms in total. The predicted octanol–water partition coefficient (Wildman–Crippen LogP) is 2.68. The van der Waals surface area contributed by atoms with Crippen molar-refractivity contribution in [3.05, 3.63) is 11.8 Å². The molecule has 2 N–H and O–H groups in total. The highest BCUT2D eigenvalue weighted by Crippen LogP contribution is 2.20. The van der Waals surface area contributed by atoms with Crippen LogP contribution in [0.5, 0.6) is 0 Å². The van der Waals surface area contributed by atoms with E-state index in [1.807, 2.05) is 0 Å². The van der Waals surface area contributed by atoms with Crippen molar-refractivity contribution in [3.8, 4) is 0 Å². The van der Waals surface area contributed by atoms with E-state index in [2.05, 4.69) is 33.8 Å². The van der Waals surface area contributed by atoms with Crippen molar-refractivity contribution >= 4 is 0 Å². The van der Waals surface area contributed by atoms with E-state index in [1.165, 1.54) is 6.42 Å². The predicted molar refractivity (Wildman–Crippen MR) is 46.6 cm³/mol. The Morgan fingerprint density at radius 1 is 1.40 bits per heavy atom. The Morgan fingerprint density at radius 3 is 2.20 bits per heavy atom. The molecule has 0 heterocycles. The maximum Gasteiger partial charge on any atom is 0.00945 e. The Kier molecular flexibility index (Phi) is 3.48. The van der Waals surface area contributed by atoms with Crippen molar-refractivity contribution in [2.75, 3.05) is 0 Å². The second-order valence-electron chi connectivity index (χ2n) is 3.70. The van der Waals surface area contributed by atoms with Crippen LogP contribution in [0.25, 0.3) is 0 Å². The number of allylic oxidation sites excluding steroid dienone is 2. The van der Waals surface area contributed by atoms with Gasteiger partial charge in [0, 0.05) is 11.1 Å². The highest BCUT2D eigenvalue weighted by molar-refractivity contribution is 5.05. The minimum absolute atomic E-state index is 0.148. The second-order valence-corrected chi connectivity index (χ2v) is 3.70. The third-order valence-corrected chi connectivity index (χ3v) is 1.52. The molecule has 0 unspecified atom stereocenters. The zero-order valence-corrected chi connectivity index (χ0v) is 7.57. The first-order valence-electron chi connectivity index (χ1n) is 3.94. The quantitative estimate of drug-likeness (QED) is 0.628. The summed E-state index contributed by atoms with van der Waals surface area (Å²) >= 11 is 0. The fourth-order valence-corrected chi connectivity index (χ4v) is 0.606. The molecule has 0 fully saturated rings. The molecular weight excluding hydrogens is 122 g/mol. The van der Waals surface area contributed by atoms with Crippen LogP contribution in [0.15, 0.2) is 11.8 Å². The number of hydrogen-bond donors (Lipinski definition) is 1. The molecular formula is C9H19N. The molecule has 0 aliphatic heterocycles. The van der Waals surface area contributed by atoms with Gasteiger partial charge in [-0.25, -0.2) is 0 Å². The minimum atomic E-state index is 0.148. The highest BCUT2D eigenvalue weighted by atomic mass is 14.6. The molecule has 60 valence electrons. The first kappa shape index (κ1) is 9.54. The van der Waals surface area contributed by atoms with Crippen LogP contribution in [-0.4, -0.2) is 0 Å². The van der Waals surface area contributed by atoms with Gasteiger partial charge in [0.05, 0.1) is 0 Å². The molecule has 0 aromatic heterocycles. The van der Waals surface area contributed by atoms with Crippen LogP contribution in [0.4, 0.5) is 0 Å². The zero-order valence-electron chi connectivity index (χ0n) is 7.57. The molecule has 10 heavy (non-hydrogen) atoms. The normalized spacial score (nSPS) is 13.8. The van der Waals surface area contributed by atoms with Crippen LogP contribution < -0.4 is 5.73 Å². The molecule has 0 saturated carbocycles. The maximum atomic E-state index is 5.80. The van der Waals surface area contributed by atoms with E-state index in [-0.39, 0.29) is 5.41 Å². The summed E-state index contributed by atoms with van der Waals surface area (Å²) in [5.74, 6) is 0. The van der Waals surface area contributed by atoms with E-state index in [0.717, 1.165) is 12.1 Å². The number of rotatable bonds is 2. The number of hydrogen-bond acceptors (Lipinski definition) is 1. The summed E-state index contributed by atoms with van der Waals surface area (Å²) in [5.41, 5.74) is 6.95. The average molecular weight is 141 g/mol. The molecule has 0 aliphatic carbocycles. The van der Waals surface area contributed by atoms with E-state index in [9.17, 15) is 0 Å². The monoisotopic (exact) mass is 141 g/mol. The lowest BCUT2D eigenvalue weighted by atomic mass is 9.92. The van der Waals surface area contributed by atoms with E-state index in [4.69, 9.17) is 5.73 Å². The zero-order chi connectivity index (χ0) is 8.20. The van der Waals surface area contributed by atoms with Crippen LogP contribution in [0.1, 0.15) is 40.5 Å². The van der Waals surface area contributed by atoms with Crippen molar-refractivity contribution < 1.29 is 0 Å². The van der Waals surface area contributed by atoms with Crippen LogP contribution in [0.3, 0.4) is 0 Å². The van der Waals surface area contributed by atoms with Gasteiger partial charge in [-0.2, -0.15) is 0 Å². The molecule has 0 atom stereocenters. The molecule has 0 aromatic rings. The third kappa shape index (κ3) is 3.54. The largest absolute Gasteiger partial charge is 0.402 e. The lowest BCUT2D eigenvalue weighted by molar-refractivity contribution is 0.494. The van der Waals surface area contributed by atoms with E-state index < -0.39 is 0 Å². The fourth-order valence-electron chi connectivity index (χ4n) is 0.606. The summed E-state index contributed by atoms with van der Waals surface area (Å²) in [4.78, 5) is 0.